The molecule has 0 aliphatic heterocycles. The zero-order valence-corrected chi connectivity index (χ0v) is 19.3. The largest absolute Gasteiger partial charge is 0.494 e. The van der Waals surface area contributed by atoms with Gasteiger partial charge in [0.2, 0.25) is 0 Å². The van der Waals surface area contributed by atoms with Crippen LogP contribution in [-0.2, 0) is 11.9 Å². The Hall–Kier alpha value is -4.17. The van der Waals surface area contributed by atoms with Gasteiger partial charge in [0.25, 0.3) is 0 Å². The van der Waals surface area contributed by atoms with Gasteiger partial charge < -0.3 is 9.47 Å². The quantitative estimate of drug-likeness (QED) is 0.151. The number of hydrogen-bond donors (Lipinski definition) is 0. The molecule has 0 aliphatic carbocycles. The van der Waals surface area contributed by atoms with Crippen molar-refractivity contribution in [3.8, 4) is 22.9 Å². The highest BCUT2D eigenvalue weighted by atomic mass is 79.9. The first-order valence-corrected chi connectivity index (χ1v) is 10.4. The van der Waals surface area contributed by atoms with Gasteiger partial charge >= 0.3 is 0 Å². The van der Waals surface area contributed by atoms with E-state index in [-0.39, 0.29) is 23.6 Å². The molecule has 0 saturated carbocycles. The second-order valence-electron chi connectivity index (χ2n) is 6.19. The van der Waals surface area contributed by atoms with Crippen LogP contribution in [0.3, 0.4) is 0 Å². The van der Waals surface area contributed by atoms with Crippen LogP contribution in [0.4, 0.5) is 8.78 Å². The number of benzene rings is 2. The molecule has 4 rings (SSSR count). The molecule has 16 heteroatoms. The lowest BCUT2D eigenvalue weighted by Gasteiger charge is -2.10. The van der Waals surface area contributed by atoms with Gasteiger partial charge in [0.1, 0.15) is 12.7 Å². The molecule has 176 valence electrons. The van der Waals surface area contributed by atoms with Gasteiger partial charge in [-0.1, -0.05) is 21.0 Å². The molecule has 0 fully saturated rings. The number of azide groups is 1. The number of nitrogens with zero attached hydrogens (tertiary/aromatic N) is 11. The number of ether oxygens (including phenoxy) is 2. The highest BCUT2D eigenvalue weighted by Crippen LogP contribution is 2.28. The summed E-state index contributed by atoms with van der Waals surface area (Å²) in [6.07, 6.45) is 2.73. The summed E-state index contributed by atoms with van der Waals surface area (Å²) in [5.41, 5.74) is 9.92. The molecule has 0 N–H and O–H groups in total. The lowest BCUT2D eigenvalue weighted by atomic mass is 10.1. The summed E-state index contributed by atoms with van der Waals surface area (Å²) >= 11 is 3.23. The van der Waals surface area contributed by atoms with Gasteiger partial charge in [-0.15, -0.1) is 10.2 Å². The Balaban J connectivity index is 0.000000192. The lowest BCUT2D eigenvalue weighted by Crippen LogP contribution is -2.04. The number of aromatic nitrogens is 8. The van der Waals surface area contributed by atoms with Crippen molar-refractivity contribution in [3.05, 3.63) is 70.1 Å². The molecule has 0 unspecified atom stereocenters. The summed E-state index contributed by atoms with van der Waals surface area (Å²) in [6.45, 7) is -0.158. The van der Waals surface area contributed by atoms with Crippen molar-refractivity contribution in [1.82, 2.24) is 40.4 Å². The molecule has 4 aromatic rings. The number of halogens is 3. The standard InChI is InChI=1S/C9H8BrFN4O.C9H8FN7O/c1-16-8-3-2-7(6(4-10)9(8)11)15-5-12-13-14-15;1-18-8-3-2-7(17-5-13-15-16-17)6(9(8)10)4-12-14-11/h2-3,5H,4H2,1H3;2-3,5H,4H2,1H3. The van der Waals surface area contributed by atoms with E-state index in [0.717, 1.165) is 0 Å². The third-order valence-electron chi connectivity index (χ3n) is 4.42. The monoisotopic (exact) mass is 535 g/mol. The molecule has 2 heterocycles. The van der Waals surface area contributed by atoms with Crippen LogP contribution in [0.15, 0.2) is 42.0 Å². The van der Waals surface area contributed by atoms with E-state index in [9.17, 15) is 8.78 Å². The molecule has 0 aliphatic rings. The van der Waals surface area contributed by atoms with Gasteiger partial charge in [0.15, 0.2) is 23.1 Å². The Kier molecular flexibility index (Phi) is 8.37. The maximum absolute atomic E-state index is 14.1. The highest BCUT2D eigenvalue weighted by Gasteiger charge is 2.16. The van der Waals surface area contributed by atoms with Crippen LogP contribution >= 0.6 is 15.9 Å². The van der Waals surface area contributed by atoms with Crippen LogP contribution in [-0.4, -0.2) is 54.6 Å². The van der Waals surface area contributed by atoms with E-state index in [1.54, 1.807) is 18.2 Å². The zero-order valence-electron chi connectivity index (χ0n) is 17.7. The van der Waals surface area contributed by atoms with E-state index in [1.165, 1.54) is 42.3 Å². The average molecular weight is 536 g/mol. The maximum atomic E-state index is 14.1. The van der Waals surface area contributed by atoms with Crippen molar-refractivity contribution >= 4 is 15.9 Å². The third-order valence-corrected chi connectivity index (χ3v) is 4.98. The lowest BCUT2D eigenvalue weighted by molar-refractivity contribution is 0.384. The summed E-state index contributed by atoms with van der Waals surface area (Å²) in [4.78, 5) is 2.61. The second kappa shape index (κ2) is 11.6. The number of rotatable bonds is 7. The van der Waals surface area contributed by atoms with E-state index in [2.05, 4.69) is 57.0 Å². The van der Waals surface area contributed by atoms with Gasteiger partial charge in [0, 0.05) is 21.4 Å². The minimum absolute atomic E-state index is 0.0648. The Morgan fingerprint density at radius 1 is 0.912 bits per heavy atom. The topological polar surface area (TPSA) is 154 Å². The predicted molar refractivity (Wildman–Crippen MR) is 117 cm³/mol. The fourth-order valence-corrected chi connectivity index (χ4v) is 3.38. The van der Waals surface area contributed by atoms with Gasteiger partial charge in [-0.05, 0) is 50.7 Å². The van der Waals surface area contributed by atoms with Gasteiger partial charge in [0.05, 0.1) is 32.1 Å². The van der Waals surface area contributed by atoms with Crippen molar-refractivity contribution in [3.63, 3.8) is 0 Å². The molecule has 13 nitrogen and oxygen atoms in total. The van der Waals surface area contributed by atoms with Crippen molar-refractivity contribution in [1.29, 1.82) is 0 Å². The van der Waals surface area contributed by atoms with Crippen LogP contribution in [0, 0.1) is 11.6 Å². The number of alkyl halides is 1. The Labute approximate surface area is 199 Å². The Bertz CT molecular complexity index is 1280. The van der Waals surface area contributed by atoms with E-state index in [4.69, 9.17) is 15.0 Å². The Morgan fingerprint density at radius 3 is 1.82 bits per heavy atom. The van der Waals surface area contributed by atoms with Crippen molar-refractivity contribution in [2.24, 2.45) is 5.11 Å². The van der Waals surface area contributed by atoms with Crippen LogP contribution in [0.2, 0.25) is 0 Å². The van der Waals surface area contributed by atoms with Gasteiger partial charge in [-0.3, -0.25) is 0 Å². The van der Waals surface area contributed by atoms with Crippen molar-refractivity contribution in [2.45, 2.75) is 11.9 Å². The highest BCUT2D eigenvalue weighted by molar-refractivity contribution is 9.08. The number of hydrogen-bond acceptors (Lipinski definition) is 9. The minimum Gasteiger partial charge on any atom is -0.494 e. The van der Waals surface area contributed by atoms with Gasteiger partial charge in [-0.25, -0.2) is 18.1 Å². The van der Waals surface area contributed by atoms with E-state index in [0.29, 0.717) is 22.3 Å². The third kappa shape index (κ3) is 5.24. The molecule has 2 aromatic carbocycles. The summed E-state index contributed by atoms with van der Waals surface area (Å²) in [6, 6.07) is 6.28. The molecular formula is C18H16BrF2N11O2. The Morgan fingerprint density at radius 2 is 1.41 bits per heavy atom. The van der Waals surface area contributed by atoms with Gasteiger partial charge in [-0.2, -0.15) is 0 Å². The summed E-state index contributed by atoms with van der Waals surface area (Å²) in [7, 11) is 2.78. The molecule has 0 atom stereocenters. The molecule has 0 amide bonds. The van der Waals surface area contributed by atoms with Crippen molar-refractivity contribution in [2.75, 3.05) is 14.2 Å². The van der Waals surface area contributed by atoms with Crippen LogP contribution in [0.25, 0.3) is 21.8 Å². The van der Waals surface area contributed by atoms with E-state index < -0.39 is 11.6 Å². The normalized spacial score (nSPS) is 10.1. The zero-order chi connectivity index (χ0) is 24.5. The SMILES string of the molecule is COc1ccc(-n2cnnn2)c(CBr)c1F.COc1ccc(-n2cnnn2)c(CN=[N+]=[N-])c1F. The molecule has 0 bridgehead atoms. The molecule has 0 saturated heterocycles. The molecular weight excluding hydrogens is 520 g/mol. The average Bonchev–Trinajstić information content (AvgIpc) is 3.58. The summed E-state index contributed by atoms with van der Waals surface area (Å²) < 4.78 is 40.4. The molecule has 2 aromatic heterocycles. The molecule has 0 spiro atoms. The maximum Gasteiger partial charge on any atom is 0.171 e. The fraction of sp³-hybridized carbons (Fsp3) is 0.222. The minimum atomic E-state index is -0.599. The smallest absolute Gasteiger partial charge is 0.171 e. The molecule has 34 heavy (non-hydrogen) atoms. The number of tetrazole rings is 2. The first-order valence-electron chi connectivity index (χ1n) is 9.29. The predicted octanol–water partition coefficient (Wildman–Crippen LogP) is 3.33. The number of methoxy groups -OCH3 is 2. The molecule has 0 radical (unpaired) electrons. The fourth-order valence-electron chi connectivity index (χ4n) is 2.85. The van der Waals surface area contributed by atoms with E-state index >= 15 is 0 Å². The van der Waals surface area contributed by atoms with Crippen LogP contribution in [0.5, 0.6) is 11.5 Å². The summed E-state index contributed by atoms with van der Waals surface area (Å²) in [5.74, 6) is -0.744. The van der Waals surface area contributed by atoms with Crippen LogP contribution in [0.1, 0.15) is 11.1 Å². The first-order chi connectivity index (χ1) is 16.5. The van der Waals surface area contributed by atoms with E-state index in [1.807, 2.05) is 0 Å². The first kappa shape index (κ1) is 24.5. The van der Waals surface area contributed by atoms with Crippen molar-refractivity contribution < 1.29 is 18.3 Å². The van der Waals surface area contributed by atoms with Crippen LogP contribution < -0.4 is 9.47 Å². The summed E-state index contributed by atoms with van der Waals surface area (Å²) in [5, 5.41) is 25.0. The second-order valence-corrected chi connectivity index (χ2v) is 6.75.